The molecule has 6 heteroatoms. The summed E-state index contributed by atoms with van der Waals surface area (Å²) in [6.07, 6.45) is 1.44. The summed E-state index contributed by atoms with van der Waals surface area (Å²) in [6.45, 7) is 0.312. The van der Waals surface area contributed by atoms with Gasteiger partial charge in [0.1, 0.15) is 0 Å². The minimum atomic E-state index is -3.16. The summed E-state index contributed by atoms with van der Waals surface area (Å²) in [7, 11) is 0. The fourth-order valence-corrected chi connectivity index (χ4v) is 0.803. The molecule has 0 heterocycles. The van der Waals surface area contributed by atoms with Gasteiger partial charge in [-0.1, -0.05) is 6.08 Å². The molecule has 0 aliphatic rings. The van der Waals surface area contributed by atoms with Crippen LogP contribution in [0.1, 0.15) is 0 Å². The topological polar surface area (TPSA) is 38.7 Å². The van der Waals surface area contributed by atoms with Crippen LogP contribution in [0.15, 0.2) is 12.7 Å². The van der Waals surface area contributed by atoms with Crippen molar-refractivity contribution in [3.05, 3.63) is 12.7 Å². The summed E-state index contributed by atoms with van der Waals surface area (Å²) in [5.41, 5.74) is 0. The van der Waals surface area contributed by atoms with Crippen molar-refractivity contribution in [3.63, 3.8) is 0 Å². The summed E-state index contributed by atoms with van der Waals surface area (Å²) in [5.74, 6) is 0. The highest BCUT2D eigenvalue weighted by molar-refractivity contribution is 8.07. The maximum Gasteiger partial charge on any atom is 0.341 e. The van der Waals surface area contributed by atoms with E-state index in [1.807, 2.05) is 0 Å². The van der Waals surface area contributed by atoms with E-state index in [0.29, 0.717) is 0 Å². The molecule has 1 atom stereocenters. The van der Waals surface area contributed by atoms with Crippen LogP contribution in [-0.4, -0.2) is 11.5 Å². The van der Waals surface area contributed by atoms with E-state index >= 15 is 0 Å². The molecule has 0 aromatic rings. The Balaban J connectivity index is 3.58. The van der Waals surface area contributed by atoms with Gasteiger partial charge in [-0.25, -0.2) is 0 Å². The van der Waals surface area contributed by atoms with E-state index in [-0.39, 0.29) is 6.61 Å². The second-order valence-electron chi connectivity index (χ2n) is 1.12. The molecule has 0 aromatic heterocycles. The maximum atomic E-state index is 8.76. The summed E-state index contributed by atoms with van der Waals surface area (Å²) in [6, 6.07) is 0. The van der Waals surface area contributed by atoms with Crippen molar-refractivity contribution in [2.24, 2.45) is 0 Å². The van der Waals surface area contributed by atoms with Crippen LogP contribution >= 0.6 is 18.6 Å². The average molecular weight is 189 g/mol. The molecule has 0 radical (unpaired) electrons. The van der Waals surface area contributed by atoms with Crippen molar-refractivity contribution in [2.75, 3.05) is 6.61 Å². The monoisotopic (exact) mass is 188 g/mol. The van der Waals surface area contributed by atoms with Crippen molar-refractivity contribution in [2.45, 2.75) is 0 Å². The molecule has 0 saturated carbocycles. The second kappa shape index (κ2) is 4.39. The summed E-state index contributed by atoms with van der Waals surface area (Å²) in [4.78, 5) is 8.76. The van der Waals surface area contributed by atoms with Crippen LogP contribution in [0.2, 0.25) is 0 Å². The van der Waals surface area contributed by atoms with Crippen molar-refractivity contribution in [3.8, 4) is 0 Å². The Labute approximate surface area is 63.7 Å². The first kappa shape index (κ1) is 9.56. The fourth-order valence-electron chi connectivity index (χ4n) is 0.167. The third kappa shape index (κ3) is 5.03. The average Bonchev–Trinajstić information content (AvgIpc) is 1.84. The summed E-state index contributed by atoms with van der Waals surface area (Å²) < 4.78 is 8.46. The lowest BCUT2D eigenvalue weighted by molar-refractivity contribution is 0.291. The Morgan fingerprint density at radius 2 is 2.44 bits per heavy atom. The second-order valence-corrected chi connectivity index (χ2v) is 4.25. The summed E-state index contributed by atoms with van der Waals surface area (Å²) >= 11 is 9.12. The maximum absolute atomic E-state index is 8.76. The van der Waals surface area contributed by atoms with Crippen molar-refractivity contribution in [1.82, 2.24) is 0 Å². The molecule has 0 amide bonds. The minimum absolute atomic E-state index is 0.139. The van der Waals surface area contributed by atoms with E-state index in [1.165, 1.54) is 6.08 Å². The first-order chi connectivity index (χ1) is 4.12. The molecule has 0 fully saturated rings. The predicted molar refractivity (Wildman–Crippen MR) is 39.6 cm³/mol. The fraction of sp³-hybridized carbons (Fsp3) is 0.333. The quantitative estimate of drug-likeness (QED) is 0.537. The van der Waals surface area contributed by atoms with Crippen LogP contribution in [0, 0.1) is 0 Å². The van der Waals surface area contributed by atoms with Gasteiger partial charge in [0.25, 0.3) is 0 Å². The lowest BCUT2D eigenvalue weighted by Crippen LogP contribution is -1.87. The molecular weight excluding hydrogens is 183 g/mol. The molecular formula is C3H6ClO3PS. The Morgan fingerprint density at radius 1 is 1.89 bits per heavy atom. The van der Waals surface area contributed by atoms with E-state index in [2.05, 4.69) is 27.0 Å². The SMILES string of the molecule is C=CCOP(O)(=S)OCl. The molecule has 1 N–H and O–H groups in total. The smallest absolute Gasteiger partial charge is 0.324 e. The predicted octanol–water partition coefficient (Wildman–Crippen LogP) is 1.58. The van der Waals surface area contributed by atoms with Crippen molar-refractivity contribution in [1.29, 1.82) is 0 Å². The Bertz CT molecular complexity index is 139. The highest BCUT2D eigenvalue weighted by atomic mass is 35.5. The molecule has 0 bridgehead atoms. The third-order valence-corrected chi connectivity index (χ3v) is 2.44. The van der Waals surface area contributed by atoms with E-state index in [1.54, 1.807) is 0 Å². The largest absolute Gasteiger partial charge is 0.341 e. The van der Waals surface area contributed by atoms with Gasteiger partial charge in [0.05, 0.1) is 18.5 Å². The van der Waals surface area contributed by atoms with Crippen LogP contribution in [0.25, 0.3) is 0 Å². The number of halogens is 1. The molecule has 0 rings (SSSR count). The highest BCUT2D eigenvalue weighted by Crippen LogP contribution is 2.44. The number of hydrogen-bond donors (Lipinski definition) is 1. The van der Waals surface area contributed by atoms with Gasteiger partial charge < -0.3 is 9.42 Å². The first-order valence-corrected chi connectivity index (χ1v) is 4.91. The lowest BCUT2D eigenvalue weighted by atomic mass is 10.7. The van der Waals surface area contributed by atoms with Gasteiger partial charge in [-0.05, 0) is 11.8 Å². The van der Waals surface area contributed by atoms with E-state index < -0.39 is 6.72 Å². The van der Waals surface area contributed by atoms with E-state index in [4.69, 9.17) is 16.8 Å². The lowest BCUT2D eigenvalue weighted by Gasteiger charge is -2.07. The minimum Gasteiger partial charge on any atom is -0.324 e. The van der Waals surface area contributed by atoms with Gasteiger partial charge in [-0.3, -0.25) is 0 Å². The zero-order chi connectivity index (χ0) is 7.33. The standard InChI is InChI=1S/C3H6ClO3PS/c1-2-3-6-8(5,9)7-4/h2H,1,3H2,(H,5,9). The van der Waals surface area contributed by atoms with Crippen molar-refractivity contribution < 1.29 is 13.5 Å². The van der Waals surface area contributed by atoms with Gasteiger partial charge in [0, 0.05) is 0 Å². The first-order valence-electron chi connectivity index (χ1n) is 2.01. The number of rotatable bonds is 4. The van der Waals surface area contributed by atoms with Gasteiger partial charge in [0.15, 0.2) is 0 Å². The van der Waals surface area contributed by atoms with E-state index in [0.717, 1.165) is 0 Å². The Hall–Kier alpha value is 0.560. The van der Waals surface area contributed by atoms with Gasteiger partial charge in [-0.15, -0.1) is 6.58 Å². The van der Waals surface area contributed by atoms with Crippen LogP contribution in [0.4, 0.5) is 0 Å². The van der Waals surface area contributed by atoms with E-state index in [9.17, 15) is 0 Å². The molecule has 9 heavy (non-hydrogen) atoms. The molecule has 0 spiro atoms. The Morgan fingerprint density at radius 3 is 2.78 bits per heavy atom. The van der Waals surface area contributed by atoms with Crippen LogP contribution in [0.3, 0.4) is 0 Å². The Kier molecular flexibility index (Phi) is 4.66. The zero-order valence-electron chi connectivity index (χ0n) is 4.49. The molecule has 0 aromatic carbocycles. The van der Waals surface area contributed by atoms with Crippen LogP contribution in [-0.2, 0) is 20.4 Å². The normalized spacial score (nSPS) is 16.7. The third-order valence-electron chi connectivity index (χ3n) is 0.443. The molecule has 1 unspecified atom stereocenters. The molecule has 3 nitrogen and oxygen atoms in total. The summed E-state index contributed by atoms with van der Waals surface area (Å²) in [5, 5.41) is 0. The van der Waals surface area contributed by atoms with Crippen LogP contribution < -0.4 is 0 Å². The van der Waals surface area contributed by atoms with Gasteiger partial charge in [-0.2, -0.15) is 4.08 Å². The highest BCUT2D eigenvalue weighted by Gasteiger charge is 2.11. The zero-order valence-corrected chi connectivity index (χ0v) is 6.96. The molecule has 54 valence electrons. The van der Waals surface area contributed by atoms with Crippen LogP contribution in [0.5, 0.6) is 0 Å². The number of hydrogen-bond acceptors (Lipinski definition) is 3. The van der Waals surface area contributed by atoms with Gasteiger partial charge >= 0.3 is 6.72 Å². The van der Waals surface area contributed by atoms with Gasteiger partial charge in [0.2, 0.25) is 0 Å². The molecule has 0 saturated heterocycles. The van der Waals surface area contributed by atoms with Crippen molar-refractivity contribution >= 4 is 30.4 Å². The molecule has 0 aliphatic carbocycles. The molecule has 0 aliphatic heterocycles.